The Morgan fingerprint density at radius 3 is 2.88 bits per heavy atom. The van der Waals surface area contributed by atoms with Crippen LogP contribution in [0.3, 0.4) is 0 Å². The first-order valence-electron chi connectivity index (χ1n) is 4.76. The average molecular weight is 213 g/mol. The highest BCUT2D eigenvalue weighted by Crippen LogP contribution is 2.19. The molecule has 1 aromatic carbocycles. The summed E-state index contributed by atoms with van der Waals surface area (Å²) in [6.07, 6.45) is 1.23. The quantitative estimate of drug-likeness (QED) is 0.580. The van der Waals surface area contributed by atoms with Crippen molar-refractivity contribution in [1.82, 2.24) is 4.98 Å². The van der Waals surface area contributed by atoms with Gasteiger partial charge in [0.15, 0.2) is 11.1 Å². The van der Waals surface area contributed by atoms with E-state index in [0.717, 1.165) is 0 Å². The van der Waals surface area contributed by atoms with Crippen molar-refractivity contribution in [3.05, 3.63) is 46.8 Å². The molecule has 0 unspecified atom stereocenters. The Morgan fingerprint density at radius 2 is 2.00 bits per heavy atom. The van der Waals surface area contributed by atoms with Gasteiger partial charge < -0.3 is 9.52 Å². The van der Waals surface area contributed by atoms with E-state index in [1.165, 1.54) is 12.3 Å². The Kier molecular flexibility index (Phi) is 1.71. The van der Waals surface area contributed by atoms with Gasteiger partial charge in [-0.3, -0.25) is 4.79 Å². The summed E-state index contributed by atoms with van der Waals surface area (Å²) in [7, 11) is 0. The topological polar surface area (TPSA) is 63.3 Å². The Balaban J connectivity index is 2.61. The van der Waals surface area contributed by atoms with E-state index in [1.807, 2.05) is 0 Å². The number of nitrogens with zero attached hydrogens (tertiary/aromatic N) is 1. The fourth-order valence-electron chi connectivity index (χ4n) is 1.67. The molecule has 16 heavy (non-hydrogen) atoms. The van der Waals surface area contributed by atoms with E-state index in [0.29, 0.717) is 16.6 Å². The molecule has 4 nitrogen and oxygen atoms in total. The van der Waals surface area contributed by atoms with Crippen molar-refractivity contribution in [3.8, 4) is 5.75 Å². The molecule has 1 N–H and O–H groups in total. The normalized spacial score (nSPS) is 11.0. The average Bonchev–Trinajstić information content (AvgIpc) is 2.29. The van der Waals surface area contributed by atoms with E-state index in [2.05, 4.69) is 4.98 Å². The zero-order valence-corrected chi connectivity index (χ0v) is 8.18. The second-order valence-corrected chi connectivity index (χ2v) is 3.47. The Labute approximate surface area is 89.8 Å². The molecule has 0 bridgehead atoms. The Morgan fingerprint density at radius 1 is 1.19 bits per heavy atom. The first-order chi connectivity index (χ1) is 7.75. The molecular formula is C12H7NO3. The summed E-state index contributed by atoms with van der Waals surface area (Å²) in [6.45, 7) is 0. The summed E-state index contributed by atoms with van der Waals surface area (Å²) in [5.41, 5.74) is 0.837. The molecule has 78 valence electrons. The fraction of sp³-hybridized carbons (Fsp3) is 0. The van der Waals surface area contributed by atoms with Crippen LogP contribution in [0.1, 0.15) is 0 Å². The number of aromatic nitrogens is 1. The second-order valence-electron chi connectivity index (χ2n) is 3.47. The van der Waals surface area contributed by atoms with Crippen LogP contribution in [0.15, 0.2) is 45.7 Å². The molecule has 2 aromatic heterocycles. The smallest absolute Gasteiger partial charge is 0.218 e. The number of benzene rings is 1. The standard InChI is InChI=1S/C12H7NO3/c14-7-5-10-11(13-6-7)12(15)8-3-1-2-4-9(8)16-10/h1-6,14H. The summed E-state index contributed by atoms with van der Waals surface area (Å²) >= 11 is 0. The van der Waals surface area contributed by atoms with Crippen molar-refractivity contribution in [2.45, 2.75) is 0 Å². The predicted octanol–water partition coefficient (Wildman–Crippen LogP) is 2.05. The molecule has 2 heterocycles. The predicted molar refractivity (Wildman–Crippen MR) is 59.4 cm³/mol. The molecule has 0 saturated heterocycles. The van der Waals surface area contributed by atoms with Crippen molar-refractivity contribution in [1.29, 1.82) is 0 Å². The van der Waals surface area contributed by atoms with Crippen molar-refractivity contribution in [2.75, 3.05) is 0 Å². The minimum Gasteiger partial charge on any atom is -0.506 e. The largest absolute Gasteiger partial charge is 0.506 e. The van der Waals surface area contributed by atoms with Crippen molar-refractivity contribution in [3.63, 3.8) is 0 Å². The maximum atomic E-state index is 12.0. The molecule has 4 heteroatoms. The van der Waals surface area contributed by atoms with Gasteiger partial charge in [-0.25, -0.2) is 4.98 Å². The minimum absolute atomic E-state index is 0.0223. The van der Waals surface area contributed by atoms with E-state index in [4.69, 9.17) is 4.42 Å². The molecule has 0 fully saturated rings. The number of rotatable bonds is 0. The van der Waals surface area contributed by atoms with Crippen LogP contribution in [-0.4, -0.2) is 10.1 Å². The molecule has 0 atom stereocenters. The molecular weight excluding hydrogens is 206 g/mol. The summed E-state index contributed by atoms with van der Waals surface area (Å²) in [6, 6.07) is 8.34. The van der Waals surface area contributed by atoms with Gasteiger partial charge in [-0.2, -0.15) is 0 Å². The number of aromatic hydroxyl groups is 1. The van der Waals surface area contributed by atoms with Gasteiger partial charge in [-0.15, -0.1) is 0 Å². The van der Waals surface area contributed by atoms with Crippen molar-refractivity contribution >= 4 is 22.1 Å². The van der Waals surface area contributed by atoms with E-state index in [9.17, 15) is 9.90 Å². The first-order valence-corrected chi connectivity index (χ1v) is 4.76. The van der Waals surface area contributed by atoms with Crippen LogP contribution < -0.4 is 5.43 Å². The van der Waals surface area contributed by atoms with E-state index < -0.39 is 0 Å². The van der Waals surface area contributed by atoms with Crippen LogP contribution in [0.2, 0.25) is 0 Å². The lowest BCUT2D eigenvalue weighted by Gasteiger charge is -2.00. The van der Waals surface area contributed by atoms with Crippen molar-refractivity contribution in [2.24, 2.45) is 0 Å². The number of pyridine rings is 1. The van der Waals surface area contributed by atoms with E-state index in [1.54, 1.807) is 24.3 Å². The monoisotopic (exact) mass is 213 g/mol. The maximum Gasteiger partial charge on any atom is 0.218 e. The summed E-state index contributed by atoms with van der Waals surface area (Å²) < 4.78 is 5.49. The molecule has 0 aliphatic heterocycles. The van der Waals surface area contributed by atoms with Crippen LogP contribution >= 0.6 is 0 Å². The lowest BCUT2D eigenvalue weighted by Crippen LogP contribution is -2.03. The minimum atomic E-state index is -0.183. The van der Waals surface area contributed by atoms with Gasteiger partial charge in [0.2, 0.25) is 5.43 Å². The van der Waals surface area contributed by atoms with Gasteiger partial charge in [0, 0.05) is 6.07 Å². The molecule has 0 aliphatic rings. The fourth-order valence-corrected chi connectivity index (χ4v) is 1.67. The van der Waals surface area contributed by atoms with Crippen LogP contribution in [0.5, 0.6) is 5.75 Å². The SMILES string of the molecule is O=c1c2ccccc2oc2cc(O)cnc12. The molecule has 0 aliphatic carbocycles. The van der Waals surface area contributed by atoms with Crippen molar-refractivity contribution < 1.29 is 9.52 Å². The summed E-state index contributed by atoms with van der Waals surface area (Å²) in [4.78, 5) is 15.9. The number of para-hydroxylation sites is 1. The summed E-state index contributed by atoms with van der Waals surface area (Å²) in [5, 5.41) is 9.76. The van der Waals surface area contributed by atoms with E-state index in [-0.39, 0.29) is 16.7 Å². The van der Waals surface area contributed by atoms with Gasteiger partial charge in [0.1, 0.15) is 11.3 Å². The van der Waals surface area contributed by atoms with Gasteiger partial charge in [-0.1, -0.05) is 12.1 Å². The molecule has 0 amide bonds. The first kappa shape index (κ1) is 8.91. The lowest BCUT2D eigenvalue weighted by molar-refractivity contribution is 0.472. The van der Waals surface area contributed by atoms with Crippen LogP contribution in [-0.2, 0) is 0 Å². The zero-order valence-electron chi connectivity index (χ0n) is 8.18. The van der Waals surface area contributed by atoms with Crippen LogP contribution in [0.25, 0.3) is 22.1 Å². The molecule has 0 saturated carbocycles. The second kappa shape index (κ2) is 3.06. The Bertz CT molecular complexity index is 746. The molecule has 3 rings (SSSR count). The number of hydrogen-bond acceptors (Lipinski definition) is 4. The highest BCUT2D eigenvalue weighted by atomic mass is 16.3. The zero-order chi connectivity index (χ0) is 11.1. The molecule has 0 radical (unpaired) electrons. The highest BCUT2D eigenvalue weighted by Gasteiger charge is 2.08. The highest BCUT2D eigenvalue weighted by molar-refractivity contribution is 5.87. The van der Waals surface area contributed by atoms with Crippen LogP contribution in [0, 0.1) is 0 Å². The number of fused-ring (bicyclic) bond motifs is 2. The Hall–Kier alpha value is -2.36. The number of hydrogen-bond donors (Lipinski definition) is 1. The van der Waals surface area contributed by atoms with Crippen LogP contribution in [0.4, 0.5) is 0 Å². The lowest BCUT2D eigenvalue weighted by atomic mass is 10.2. The molecule has 0 spiro atoms. The third-order valence-corrected chi connectivity index (χ3v) is 2.40. The van der Waals surface area contributed by atoms with Gasteiger partial charge in [-0.05, 0) is 12.1 Å². The van der Waals surface area contributed by atoms with Gasteiger partial charge in [0.05, 0.1) is 11.6 Å². The summed E-state index contributed by atoms with van der Waals surface area (Å²) in [5.74, 6) is -0.0223. The maximum absolute atomic E-state index is 12.0. The van der Waals surface area contributed by atoms with E-state index >= 15 is 0 Å². The molecule has 3 aromatic rings. The van der Waals surface area contributed by atoms with Gasteiger partial charge >= 0.3 is 0 Å². The van der Waals surface area contributed by atoms with Gasteiger partial charge in [0.25, 0.3) is 0 Å². The third-order valence-electron chi connectivity index (χ3n) is 2.40. The third kappa shape index (κ3) is 1.16.